The maximum absolute atomic E-state index is 6.14. The van der Waals surface area contributed by atoms with E-state index in [0.717, 1.165) is 28.3 Å². The molecule has 0 saturated heterocycles. The summed E-state index contributed by atoms with van der Waals surface area (Å²) in [6, 6.07) is 7.55. The van der Waals surface area contributed by atoms with Gasteiger partial charge in [0.15, 0.2) is 5.82 Å². The van der Waals surface area contributed by atoms with E-state index < -0.39 is 0 Å². The van der Waals surface area contributed by atoms with Gasteiger partial charge in [-0.05, 0) is 12.1 Å². The highest BCUT2D eigenvalue weighted by Crippen LogP contribution is 2.34. The number of halogens is 1. The molecule has 1 aromatic heterocycles. The summed E-state index contributed by atoms with van der Waals surface area (Å²) in [5, 5.41) is 0.650. The molecule has 2 heterocycles. The Balaban J connectivity index is 2.17. The van der Waals surface area contributed by atoms with Crippen molar-refractivity contribution in [3.8, 4) is 11.4 Å². The summed E-state index contributed by atoms with van der Waals surface area (Å²) in [5.74, 6) is 3.01. The average Bonchev–Trinajstić information content (AvgIpc) is 2.78. The minimum absolute atomic E-state index is 0.579. The van der Waals surface area contributed by atoms with Gasteiger partial charge in [-0.15, -0.1) is 0 Å². The normalized spacial score (nSPS) is 13.7. The second-order valence-electron chi connectivity index (χ2n) is 3.83. The zero-order chi connectivity index (χ0) is 11.8. The summed E-state index contributed by atoms with van der Waals surface area (Å²) in [6.07, 6.45) is 0. The molecular weight excluding hydrogens is 254 g/mol. The van der Waals surface area contributed by atoms with Crippen LogP contribution in [-0.4, -0.2) is 9.97 Å². The maximum atomic E-state index is 6.14. The lowest BCUT2D eigenvalue weighted by atomic mass is 10.2. The number of nitrogens with zero attached hydrogens (tertiary/aromatic N) is 2. The quantitative estimate of drug-likeness (QED) is 0.859. The lowest BCUT2D eigenvalue weighted by Gasteiger charge is -2.07. The number of rotatable bonds is 1. The van der Waals surface area contributed by atoms with Crippen LogP contribution >= 0.6 is 23.4 Å². The third kappa shape index (κ3) is 1.87. The number of thioether (sulfide) groups is 1. The number of nitrogens with two attached hydrogens (primary N) is 1. The highest BCUT2D eigenvalue weighted by molar-refractivity contribution is 7.98. The number of aromatic nitrogens is 2. The van der Waals surface area contributed by atoms with E-state index in [1.807, 2.05) is 36.0 Å². The Morgan fingerprint density at radius 1 is 1.18 bits per heavy atom. The maximum Gasteiger partial charge on any atom is 0.163 e. The standard InChI is InChI=1S/C12H10ClN3S/c13-9-4-2-1-3-7(9)12-15-10-6-17-5-8(10)11(14)16-12/h1-4H,5-6H2,(H2,14,15,16). The van der Waals surface area contributed by atoms with Crippen LogP contribution in [0.25, 0.3) is 11.4 Å². The SMILES string of the molecule is Nc1nc(-c2ccccc2Cl)nc2c1CSC2. The van der Waals surface area contributed by atoms with Crippen molar-refractivity contribution in [2.24, 2.45) is 0 Å². The van der Waals surface area contributed by atoms with Gasteiger partial charge in [-0.1, -0.05) is 23.7 Å². The first-order valence-electron chi connectivity index (χ1n) is 5.23. The van der Waals surface area contributed by atoms with Crippen LogP contribution in [0, 0.1) is 0 Å². The molecule has 5 heteroatoms. The average molecular weight is 264 g/mol. The van der Waals surface area contributed by atoms with Gasteiger partial charge in [0.1, 0.15) is 5.82 Å². The molecule has 3 rings (SSSR count). The fourth-order valence-electron chi connectivity index (χ4n) is 1.84. The Bertz CT molecular complexity index is 586. The summed E-state index contributed by atoms with van der Waals surface area (Å²) in [7, 11) is 0. The van der Waals surface area contributed by atoms with Gasteiger partial charge in [0, 0.05) is 22.6 Å². The van der Waals surface area contributed by atoms with Crippen molar-refractivity contribution in [1.29, 1.82) is 0 Å². The van der Waals surface area contributed by atoms with E-state index in [0.29, 0.717) is 16.7 Å². The van der Waals surface area contributed by atoms with Crippen LogP contribution in [0.3, 0.4) is 0 Å². The number of hydrogen-bond donors (Lipinski definition) is 1. The first-order chi connectivity index (χ1) is 8.25. The highest BCUT2D eigenvalue weighted by Gasteiger charge is 2.19. The van der Waals surface area contributed by atoms with Gasteiger partial charge in [0.2, 0.25) is 0 Å². The van der Waals surface area contributed by atoms with Crippen LogP contribution in [-0.2, 0) is 11.5 Å². The monoisotopic (exact) mass is 263 g/mol. The van der Waals surface area contributed by atoms with Gasteiger partial charge in [0.25, 0.3) is 0 Å². The van der Waals surface area contributed by atoms with Crippen molar-refractivity contribution in [2.45, 2.75) is 11.5 Å². The summed E-state index contributed by atoms with van der Waals surface area (Å²) in [5.41, 5.74) is 8.90. The molecule has 1 aromatic carbocycles. The number of benzene rings is 1. The van der Waals surface area contributed by atoms with E-state index in [1.54, 1.807) is 0 Å². The van der Waals surface area contributed by atoms with Crippen LogP contribution in [0.1, 0.15) is 11.3 Å². The third-order valence-corrected chi connectivity index (χ3v) is 4.02. The molecule has 1 aliphatic rings. The van der Waals surface area contributed by atoms with E-state index in [-0.39, 0.29) is 0 Å². The number of hydrogen-bond acceptors (Lipinski definition) is 4. The molecule has 0 unspecified atom stereocenters. The van der Waals surface area contributed by atoms with Gasteiger partial charge in [-0.3, -0.25) is 0 Å². The lowest BCUT2D eigenvalue weighted by molar-refractivity contribution is 1.08. The number of nitrogen functional groups attached to an aromatic ring is 1. The van der Waals surface area contributed by atoms with Crippen LogP contribution < -0.4 is 5.73 Å². The number of fused-ring (bicyclic) bond motifs is 1. The summed E-state index contributed by atoms with van der Waals surface area (Å²) >= 11 is 7.95. The van der Waals surface area contributed by atoms with E-state index in [4.69, 9.17) is 17.3 Å². The summed E-state index contributed by atoms with van der Waals surface area (Å²) in [4.78, 5) is 8.89. The Morgan fingerprint density at radius 2 is 2.00 bits per heavy atom. The van der Waals surface area contributed by atoms with Crippen LogP contribution in [0.15, 0.2) is 24.3 Å². The Kier molecular flexibility index (Phi) is 2.68. The van der Waals surface area contributed by atoms with Crippen molar-refractivity contribution in [1.82, 2.24) is 9.97 Å². The van der Waals surface area contributed by atoms with Gasteiger partial charge in [-0.25, -0.2) is 9.97 Å². The molecule has 0 aliphatic carbocycles. The highest BCUT2D eigenvalue weighted by atomic mass is 35.5. The predicted octanol–water partition coefficient (Wildman–Crippen LogP) is 3.13. The Morgan fingerprint density at radius 3 is 2.82 bits per heavy atom. The predicted molar refractivity (Wildman–Crippen MR) is 71.9 cm³/mol. The molecule has 1 aliphatic heterocycles. The van der Waals surface area contributed by atoms with Crippen LogP contribution in [0.2, 0.25) is 5.02 Å². The second-order valence-corrected chi connectivity index (χ2v) is 5.22. The van der Waals surface area contributed by atoms with Gasteiger partial charge >= 0.3 is 0 Å². The topological polar surface area (TPSA) is 51.8 Å². The summed E-state index contributed by atoms with van der Waals surface area (Å²) < 4.78 is 0. The zero-order valence-corrected chi connectivity index (χ0v) is 10.6. The van der Waals surface area contributed by atoms with E-state index in [1.165, 1.54) is 0 Å². The largest absolute Gasteiger partial charge is 0.383 e. The fourth-order valence-corrected chi connectivity index (χ4v) is 3.11. The lowest BCUT2D eigenvalue weighted by Crippen LogP contribution is -2.02. The van der Waals surface area contributed by atoms with Crippen molar-refractivity contribution in [2.75, 3.05) is 5.73 Å². The van der Waals surface area contributed by atoms with Crippen molar-refractivity contribution >= 4 is 29.2 Å². The smallest absolute Gasteiger partial charge is 0.163 e. The fraction of sp³-hybridized carbons (Fsp3) is 0.167. The molecule has 0 saturated carbocycles. The van der Waals surface area contributed by atoms with E-state index in [9.17, 15) is 0 Å². The Hall–Kier alpha value is -1.26. The molecule has 0 bridgehead atoms. The molecule has 86 valence electrons. The van der Waals surface area contributed by atoms with Gasteiger partial charge < -0.3 is 5.73 Å². The number of anilines is 1. The molecule has 0 fully saturated rings. The first-order valence-corrected chi connectivity index (χ1v) is 6.77. The van der Waals surface area contributed by atoms with Gasteiger partial charge in [-0.2, -0.15) is 11.8 Å². The van der Waals surface area contributed by atoms with Crippen molar-refractivity contribution < 1.29 is 0 Å². The van der Waals surface area contributed by atoms with Gasteiger partial charge in [0.05, 0.1) is 10.7 Å². The Labute approximate surface area is 108 Å². The van der Waals surface area contributed by atoms with E-state index in [2.05, 4.69) is 9.97 Å². The molecule has 0 amide bonds. The minimum Gasteiger partial charge on any atom is -0.383 e. The van der Waals surface area contributed by atoms with Crippen LogP contribution in [0.4, 0.5) is 5.82 Å². The molecular formula is C12H10ClN3S. The molecule has 0 atom stereocenters. The molecule has 2 N–H and O–H groups in total. The van der Waals surface area contributed by atoms with Crippen molar-refractivity contribution in [3.05, 3.63) is 40.5 Å². The molecule has 3 nitrogen and oxygen atoms in total. The molecule has 0 spiro atoms. The zero-order valence-electron chi connectivity index (χ0n) is 8.98. The van der Waals surface area contributed by atoms with E-state index >= 15 is 0 Å². The third-order valence-electron chi connectivity index (χ3n) is 2.72. The minimum atomic E-state index is 0.579. The molecule has 2 aromatic rings. The summed E-state index contributed by atoms with van der Waals surface area (Å²) in [6.45, 7) is 0. The van der Waals surface area contributed by atoms with Crippen molar-refractivity contribution in [3.63, 3.8) is 0 Å². The molecule has 0 radical (unpaired) electrons. The first kappa shape index (κ1) is 10.9. The molecule has 17 heavy (non-hydrogen) atoms. The van der Waals surface area contributed by atoms with Crippen LogP contribution in [0.5, 0.6) is 0 Å². The second kappa shape index (κ2) is 4.20.